The van der Waals surface area contributed by atoms with Gasteiger partial charge in [0.1, 0.15) is 12.1 Å². The Labute approximate surface area is 188 Å². The van der Waals surface area contributed by atoms with Gasteiger partial charge in [0.05, 0.1) is 10.7 Å². The highest BCUT2D eigenvalue weighted by Crippen LogP contribution is 2.29. The number of phenolic OH excluding ortho intramolecular Hbond substituents is 1. The quantitative estimate of drug-likeness (QED) is 0.485. The van der Waals surface area contributed by atoms with Crippen LogP contribution in [0.3, 0.4) is 0 Å². The van der Waals surface area contributed by atoms with Gasteiger partial charge in [-0.2, -0.15) is 9.97 Å². The molecule has 2 aromatic carbocycles. The molecule has 1 aliphatic rings. The van der Waals surface area contributed by atoms with E-state index in [0.29, 0.717) is 33.0 Å². The molecule has 8 nitrogen and oxygen atoms in total. The lowest BCUT2D eigenvalue weighted by molar-refractivity contribution is 0.475. The zero-order valence-corrected chi connectivity index (χ0v) is 17.9. The van der Waals surface area contributed by atoms with Crippen LogP contribution in [0.15, 0.2) is 48.8 Å². The van der Waals surface area contributed by atoms with E-state index in [9.17, 15) is 5.11 Å². The fraction of sp³-hybridized carbons (Fsp3) is 0.190. The monoisotopic (exact) mass is 455 g/mol. The number of nitrogen functional groups attached to an aromatic ring is 1. The van der Waals surface area contributed by atoms with Gasteiger partial charge in [-0.1, -0.05) is 23.2 Å². The first-order valence-electron chi connectivity index (χ1n) is 9.74. The van der Waals surface area contributed by atoms with Crippen molar-refractivity contribution in [3.63, 3.8) is 0 Å². The van der Waals surface area contributed by atoms with Crippen molar-refractivity contribution in [1.82, 2.24) is 19.5 Å². The van der Waals surface area contributed by atoms with Crippen LogP contribution in [0.25, 0.3) is 16.9 Å². The first kappa shape index (κ1) is 19.7. The van der Waals surface area contributed by atoms with Crippen molar-refractivity contribution in [2.45, 2.75) is 0 Å². The van der Waals surface area contributed by atoms with E-state index in [1.54, 1.807) is 35.2 Å². The fourth-order valence-corrected chi connectivity index (χ4v) is 4.23. The summed E-state index contributed by atoms with van der Waals surface area (Å²) in [4.78, 5) is 18.0. The second-order valence-corrected chi connectivity index (χ2v) is 8.13. The van der Waals surface area contributed by atoms with Crippen molar-refractivity contribution in [2.75, 3.05) is 41.7 Å². The standard InChI is InChI=1S/C21H19Cl2N7O/c22-13-1-6-17(16(23)11-13)30-12-25-18-19(24)26-21(27-20(18)30)29-9-7-28(8-10-29)14-2-4-15(31)5-3-14/h1-6,11-12,31H,7-10H2,(H2,24,26,27). The van der Waals surface area contributed by atoms with Gasteiger partial charge in [-0.25, -0.2) is 4.98 Å². The number of halogens is 2. The predicted octanol–water partition coefficient (Wildman–Crippen LogP) is 3.74. The second kappa shape index (κ2) is 7.79. The lowest BCUT2D eigenvalue weighted by atomic mass is 10.2. The number of piperazine rings is 1. The topological polar surface area (TPSA) is 96.3 Å². The average molecular weight is 456 g/mol. The molecular weight excluding hydrogens is 437 g/mol. The highest BCUT2D eigenvalue weighted by molar-refractivity contribution is 6.35. The number of aromatic hydroxyl groups is 1. The second-order valence-electron chi connectivity index (χ2n) is 7.28. The molecule has 0 spiro atoms. The first-order valence-corrected chi connectivity index (χ1v) is 10.5. The molecule has 10 heteroatoms. The van der Waals surface area contributed by atoms with E-state index in [1.807, 2.05) is 18.2 Å². The summed E-state index contributed by atoms with van der Waals surface area (Å²) in [6.45, 7) is 3.08. The maximum atomic E-state index is 9.50. The molecule has 0 bridgehead atoms. The minimum absolute atomic E-state index is 0.261. The Morgan fingerprint density at radius 2 is 1.61 bits per heavy atom. The smallest absolute Gasteiger partial charge is 0.229 e. The van der Waals surface area contributed by atoms with Gasteiger partial charge in [0.15, 0.2) is 17.0 Å². The highest BCUT2D eigenvalue weighted by atomic mass is 35.5. The molecule has 5 rings (SSSR count). The first-order chi connectivity index (χ1) is 15.0. The number of hydrogen-bond acceptors (Lipinski definition) is 7. The summed E-state index contributed by atoms with van der Waals surface area (Å²) in [6, 6.07) is 12.5. The number of rotatable bonds is 3. The zero-order chi connectivity index (χ0) is 21.5. The summed E-state index contributed by atoms with van der Waals surface area (Å²) in [6.07, 6.45) is 1.64. The molecule has 1 fully saturated rings. The summed E-state index contributed by atoms with van der Waals surface area (Å²) < 4.78 is 1.79. The van der Waals surface area contributed by atoms with Crippen LogP contribution in [0.4, 0.5) is 17.5 Å². The summed E-state index contributed by atoms with van der Waals surface area (Å²) in [7, 11) is 0. The van der Waals surface area contributed by atoms with Gasteiger partial charge >= 0.3 is 0 Å². The molecule has 0 aliphatic carbocycles. The van der Waals surface area contributed by atoms with E-state index in [0.717, 1.165) is 37.6 Å². The Morgan fingerprint density at radius 1 is 0.903 bits per heavy atom. The van der Waals surface area contributed by atoms with Gasteiger partial charge in [0, 0.05) is 36.9 Å². The SMILES string of the molecule is Nc1nc(N2CCN(c3ccc(O)cc3)CC2)nc2c1ncn2-c1ccc(Cl)cc1Cl. The number of anilines is 3. The number of nitrogens with two attached hydrogens (primary N) is 1. The van der Waals surface area contributed by atoms with Crippen LogP contribution >= 0.6 is 23.2 Å². The number of benzene rings is 2. The van der Waals surface area contributed by atoms with Gasteiger partial charge in [-0.05, 0) is 42.5 Å². The number of aromatic nitrogens is 4. The molecule has 31 heavy (non-hydrogen) atoms. The van der Waals surface area contributed by atoms with Gasteiger partial charge in [-0.3, -0.25) is 4.57 Å². The third-order valence-electron chi connectivity index (χ3n) is 5.36. The molecule has 0 unspecified atom stereocenters. The van der Waals surface area contributed by atoms with Crippen LogP contribution in [-0.2, 0) is 0 Å². The maximum absolute atomic E-state index is 9.50. The Morgan fingerprint density at radius 3 is 2.32 bits per heavy atom. The Kier molecular flexibility index (Phi) is 4.95. The predicted molar refractivity (Wildman–Crippen MR) is 124 cm³/mol. The third-order valence-corrected chi connectivity index (χ3v) is 5.90. The van der Waals surface area contributed by atoms with Gasteiger partial charge in [0.2, 0.25) is 5.95 Å². The molecule has 4 aromatic rings. The Hall–Kier alpha value is -3.23. The number of imidazole rings is 1. The Balaban J connectivity index is 1.44. The van der Waals surface area contributed by atoms with Crippen LogP contribution in [0, 0.1) is 0 Å². The molecule has 3 N–H and O–H groups in total. The summed E-state index contributed by atoms with van der Waals surface area (Å²) in [5.41, 5.74) is 9.11. The van der Waals surface area contributed by atoms with E-state index in [2.05, 4.69) is 19.8 Å². The van der Waals surface area contributed by atoms with Crippen molar-refractivity contribution in [3.8, 4) is 11.4 Å². The van der Waals surface area contributed by atoms with Crippen molar-refractivity contribution in [3.05, 3.63) is 58.8 Å². The van der Waals surface area contributed by atoms with Gasteiger partial charge in [0.25, 0.3) is 0 Å². The molecule has 0 atom stereocenters. The van der Waals surface area contributed by atoms with Crippen molar-refractivity contribution < 1.29 is 5.11 Å². The summed E-state index contributed by atoms with van der Waals surface area (Å²) in [5, 5.41) is 10.5. The fourth-order valence-electron chi connectivity index (χ4n) is 3.73. The minimum atomic E-state index is 0.261. The zero-order valence-electron chi connectivity index (χ0n) is 16.4. The molecule has 0 saturated carbocycles. The maximum Gasteiger partial charge on any atom is 0.229 e. The number of phenols is 1. The van der Waals surface area contributed by atoms with Gasteiger partial charge in [-0.15, -0.1) is 0 Å². The molecule has 158 valence electrons. The van der Waals surface area contributed by atoms with Crippen LogP contribution in [0.1, 0.15) is 0 Å². The normalized spacial score (nSPS) is 14.4. The van der Waals surface area contributed by atoms with E-state index >= 15 is 0 Å². The van der Waals surface area contributed by atoms with Crippen LogP contribution in [-0.4, -0.2) is 50.8 Å². The van der Waals surface area contributed by atoms with Crippen LogP contribution in [0.2, 0.25) is 10.0 Å². The van der Waals surface area contributed by atoms with Crippen molar-refractivity contribution in [1.29, 1.82) is 0 Å². The van der Waals surface area contributed by atoms with E-state index in [-0.39, 0.29) is 5.75 Å². The van der Waals surface area contributed by atoms with Gasteiger partial charge < -0.3 is 20.6 Å². The molecule has 3 heterocycles. The number of fused-ring (bicyclic) bond motifs is 1. The van der Waals surface area contributed by atoms with Crippen molar-refractivity contribution in [2.24, 2.45) is 0 Å². The summed E-state index contributed by atoms with van der Waals surface area (Å²) in [5.74, 6) is 1.14. The van der Waals surface area contributed by atoms with E-state index in [4.69, 9.17) is 33.9 Å². The highest BCUT2D eigenvalue weighted by Gasteiger charge is 2.22. The van der Waals surface area contributed by atoms with Crippen LogP contribution < -0.4 is 15.5 Å². The summed E-state index contributed by atoms with van der Waals surface area (Å²) >= 11 is 12.4. The molecule has 0 radical (unpaired) electrons. The molecule has 1 aliphatic heterocycles. The van der Waals surface area contributed by atoms with E-state index in [1.165, 1.54) is 0 Å². The molecular formula is C21H19Cl2N7O. The average Bonchev–Trinajstić information content (AvgIpc) is 3.19. The van der Waals surface area contributed by atoms with E-state index < -0.39 is 0 Å². The molecule has 1 saturated heterocycles. The third kappa shape index (κ3) is 3.68. The lowest BCUT2D eigenvalue weighted by Gasteiger charge is -2.36. The molecule has 2 aromatic heterocycles. The number of nitrogens with zero attached hydrogens (tertiary/aromatic N) is 6. The Bertz CT molecular complexity index is 1250. The van der Waals surface area contributed by atoms with Crippen LogP contribution in [0.5, 0.6) is 5.75 Å². The van der Waals surface area contributed by atoms with Crippen molar-refractivity contribution >= 4 is 51.8 Å². The lowest BCUT2D eigenvalue weighted by Crippen LogP contribution is -2.47. The minimum Gasteiger partial charge on any atom is -0.508 e. The number of hydrogen-bond donors (Lipinski definition) is 2. The largest absolute Gasteiger partial charge is 0.508 e. The molecule has 0 amide bonds.